The van der Waals surface area contributed by atoms with Crippen LogP contribution in [0.2, 0.25) is 0 Å². The fourth-order valence-corrected chi connectivity index (χ4v) is 3.98. The average Bonchev–Trinajstić information content (AvgIpc) is 3.34. The molecule has 26 heavy (non-hydrogen) atoms. The third-order valence-corrected chi connectivity index (χ3v) is 5.28. The van der Waals surface area contributed by atoms with Crippen LogP contribution in [0.1, 0.15) is 24.0 Å². The Morgan fingerprint density at radius 1 is 1.08 bits per heavy atom. The molecule has 0 N–H and O–H groups in total. The van der Waals surface area contributed by atoms with E-state index in [1.807, 2.05) is 41.3 Å². The maximum atomic E-state index is 13.0. The second-order valence-electron chi connectivity index (χ2n) is 6.68. The van der Waals surface area contributed by atoms with Crippen molar-refractivity contribution in [3.8, 4) is 23.4 Å². The minimum atomic E-state index is -0.329. The van der Waals surface area contributed by atoms with E-state index in [2.05, 4.69) is 18.3 Å². The monoisotopic (exact) mass is 342 g/mol. The number of nitrogens with zero attached hydrogens (tertiary/aromatic N) is 4. The van der Waals surface area contributed by atoms with Gasteiger partial charge in [-0.25, -0.2) is 0 Å². The molecule has 1 saturated heterocycles. The Balaban J connectivity index is 1.67. The molecule has 5 heteroatoms. The molecular formula is C21H18N4O. The maximum absolute atomic E-state index is 13.0. The fourth-order valence-electron chi connectivity index (χ4n) is 3.98. The zero-order valence-corrected chi connectivity index (χ0v) is 14.4. The first kappa shape index (κ1) is 16.2. The minimum Gasteiger partial charge on any atom is -0.310 e. The van der Waals surface area contributed by atoms with Crippen molar-refractivity contribution >= 4 is 11.6 Å². The van der Waals surface area contributed by atoms with Crippen molar-refractivity contribution in [1.29, 1.82) is 10.5 Å². The van der Waals surface area contributed by atoms with Crippen LogP contribution >= 0.6 is 0 Å². The fraction of sp³-hybridized carbons (Fsp3) is 0.286. The molecule has 0 aromatic heterocycles. The van der Waals surface area contributed by atoms with Gasteiger partial charge in [0.15, 0.2) is 6.19 Å². The van der Waals surface area contributed by atoms with Gasteiger partial charge in [0.05, 0.1) is 11.6 Å². The summed E-state index contributed by atoms with van der Waals surface area (Å²) in [5.41, 5.74) is 4.89. The lowest BCUT2D eigenvalue weighted by molar-refractivity contribution is -0.121. The van der Waals surface area contributed by atoms with Crippen LogP contribution in [0.5, 0.6) is 0 Å². The van der Waals surface area contributed by atoms with Crippen molar-refractivity contribution in [2.45, 2.75) is 25.3 Å². The number of carbonyl (C=O) groups is 1. The van der Waals surface area contributed by atoms with E-state index in [9.17, 15) is 10.1 Å². The highest BCUT2D eigenvalue weighted by molar-refractivity contribution is 6.00. The molecule has 0 aliphatic carbocycles. The summed E-state index contributed by atoms with van der Waals surface area (Å²) in [4.78, 5) is 16.4. The van der Waals surface area contributed by atoms with Crippen LogP contribution in [0.4, 0.5) is 5.69 Å². The van der Waals surface area contributed by atoms with E-state index < -0.39 is 0 Å². The maximum Gasteiger partial charge on any atom is 0.250 e. The van der Waals surface area contributed by atoms with E-state index in [1.165, 1.54) is 0 Å². The molecule has 1 atom stereocenters. The topological polar surface area (TPSA) is 71.1 Å². The van der Waals surface area contributed by atoms with Crippen LogP contribution < -0.4 is 4.90 Å². The summed E-state index contributed by atoms with van der Waals surface area (Å²) in [6, 6.07) is 15.4. The van der Waals surface area contributed by atoms with Crippen molar-refractivity contribution in [2.75, 3.05) is 18.0 Å². The number of likely N-dealkylation sites (tertiary alicyclic amines) is 1. The predicted octanol–water partition coefficient (Wildman–Crippen LogP) is 3.06. The van der Waals surface area contributed by atoms with Crippen LogP contribution in [0.15, 0.2) is 42.5 Å². The van der Waals surface area contributed by atoms with Gasteiger partial charge in [-0.3, -0.25) is 9.69 Å². The Morgan fingerprint density at radius 3 is 2.62 bits per heavy atom. The summed E-state index contributed by atoms with van der Waals surface area (Å²) >= 11 is 0. The highest BCUT2D eigenvalue weighted by Gasteiger charge is 2.36. The number of anilines is 1. The zero-order valence-electron chi connectivity index (χ0n) is 14.4. The molecule has 1 amide bonds. The van der Waals surface area contributed by atoms with Crippen LogP contribution in [0.25, 0.3) is 11.1 Å². The molecule has 128 valence electrons. The summed E-state index contributed by atoms with van der Waals surface area (Å²) in [5, 5.41) is 18.2. The van der Waals surface area contributed by atoms with Gasteiger partial charge in [0.1, 0.15) is 6.04 Å². The number of carbonyl (C=O) groups excluding carboxylic acids is 1. The lowest BCUT2D eigenvalue weighted by Crippen LogP contribution is -2.43. The summed E-state index contributed by atoms with van der Waals surface area (Å²) in [6.07, 6.45) is 4.58. The Bertz CT molecular complexity index is 936. The van der Waals surface area contributed by atoms with Gasteiger partial charge in [-0.05, 0) is 54.2 Å². The third kappa shape index (κ3) is 2.59. The average molecular weight is 342 g/mol. The summed E-state index contributed by atoms with van der Waals surface area (Å²) in [6.45, 7) is 1.32. The van der Waals surface area contributed by atoms with E-state index in [0.717, 1.165) is 41.6 Å². The standard InChI is InChI=1S/C21H18N4O/c22-13-15-6-8-16(9-7-15)17-3-1-4-19-18(17)10-12-25(19)21(26)20-5-2-11-24(20)14-23/h1,3-4,6-9,20H,2,5,10-12H2. The number of benzene rings is 2. The minimum absolute atomic E-state index is 0.0276. The molecule has 4 rings (SSSR count). The third-order valence-electron chi connectivity index (χ3n) is 5.28. The van der Waals surface area contributed by atoms with Crippen LogP contribution in [0.3, 0.4) is 0 Å². The normalized spacial score (nSPS) is 18.3. The van der Waals surface area contributed by atoms with E-state index >= 15 is 0 Å². The van der Waals surface area contributed by atoms with Gasteiger partial charge in [0.2, 0.25) is 5.91 Å². The molecule has 2 aromatic rings. The van der Waals surface area contributed by atoms with Crippen molar-refractivity contribution < 1.29 is 4.79 Å². The molecule has 1 fully saturated rings. The summed E-state index contributed by atoms with van der Waals surface area (Å²) in [5.74, 6) is 0.0276. The van der Waals surface area contributed by atoms with E-state index in [-0.39, 0.29) is 11.9 Å². The number of hydrogen-bond acceptors (Lipinski definition) is 4. The molecule has 1 unspecified atom stereocenters. The molecule has 0 bridgehead atoms. The molecule has 2 aliphatic heterocycles. The van der Waals surface area contributed by atoms with Gasteiger partial charge in [0, 0.05) is 18.8 Å². The number of hydrogen-bond donors (Lipinski definition) is 0. The van der Waals surface area contributed by atoms with Gasteiger partial charge in [-0.15, -0.1) is 0 Å². The first-order chi connectivity index (χ1) is 12.7. The number of fused-ring (bicyclic) bond motifs is 1. The first-order valence-electron chi connectivity index (χ1n) is 8.83. The first-order valence-corrected chi connectivity index (χ1v) is 8.83. The highest BCUT2D eigenvalue weighted by Crippen LogP contribution is 2.37. The Hall–Kier alpha value is -3.31. The van der Waals surface area contributed by atoms with Crippen molar-refractivity contribution in [3.05, 3.63) is 53.6 Å². The van der Waals surface area contributed by atoms with Gasteiger partial charge in [-0.1, -0.05) is 24.3 Å². The number of rotatable bonds is 2. The zero-order chi connectivity index (χ0) is 18.1. The Morgan fingerprint density at radius 2 is 1.88 bits per heavy atom. The Labute approximate surface area is 152 Å². The molecule has 2 heterocycles. The van der Waals surface area contributed by atoms with Gasteiger partial charge in [-0.2, -0.15) is 10.5 Å². The van der Waals surface area contributed by atoms with E-state index in [4.69, 9.17) is 5.26 Å². The van der Waals surface area contributed by atoms with Crippen LogP contribution in [-0.4, -0.2) is 29.9 Å². The summed E-state index contributed by atoms with van der Waals surface area (Å²) in [7, 11) is 0. The highest BCUT2D eigenvalue weighted by atomic mass is 16.2. The second-order valence-corrected chi connectivity index (χ2v) is 6.68. The summed E-state index contributed by atoms with van der Waals surface area (Å²) < 4.78 is 0. The number of amides is 1. The molecule has 0 spiro atoms. The van der Waals surface area contributed by atoms with E-state index in [0.29, 0.717) is 18.7 Å². The lowest BCUT2D eigenvalue weighted by Gasteiger charge is -2.25. The SMILES string of the molecule is N#Cc1ccc(-c2cccc3c2CCN3C(=O)C2CCCN2C#N)cc1. The largest absolute Gasteiger partial charge is 0.310 e. The van der Waals surface area contributed by atoms with Gasteiger partial charge < -0.3 is 4.90 Å². The molecule has 0 radical (unpaired) electrons. The van der Waals surface area contributed by atoms with Crippen LogP contribution in [-0.2, 0) is 11.2 Å². The smallest absolute Gasteiger partial charge is 0.250 e. The molecule has 5 nitrogen and oxygen atoms in total. The lowest BCUT2D eigenvalue weighted by atomic mass is 9.97. The van der Waals surface area contributed by atoms with Crippen molar-refractivity contribution in [3.63, 3.8) is 0 Å². The molecule has 2 aromatic carbocycles. The van der Waals surface area contributed by atoms with Gasteiger partial charge in [0.25, 0.3) is 0 Å². The van der Waals surface area contributed by atoms with Crippen LogP contribution in [0, 0.1) is 22.8 Å². The van der Waals surface area contributed by atoms with E-state index in [1.54, 1.807) is 4.90 Å². The second kappa shape index (κ2) is 6.54. The quantitative estimate of drug-likeness (QED) is 0.787. The Kier molecular flexibility index (Phi) is 4.07. The van der Waals surface area contributed by atoms with Crippen molar-refractivity contribution in [2.24, 2.45) is 0 Å². The molecule has 0 saturated carbocycles. The predicted molar refractivity (Wildman–Crippen MR) is 98.0 cm³/mol. The molecular weight excluding hydrogens is 324 g/mol. The number of nitriles is 2. The van der Waals surface area contributed by atoms with Gasteiger partial charge >= 0.3 is 0 Å². The molecule has 2 aliphatic rings. The van der Waals surface area contributed by atoms with Crippen molar-refractivity contribution in [1.82, 2.24) is 4.90 Å².